The average Bonchev–Trinajstić information content (AvgIpc) is 3.40. The second-order valence-corrected chi connectivity index (χ2v) is 7.31. The van der Waals surface area contributed by atoms with Crippen LogP contribution in [-0.2, 0) is 19.5 Å². The third-order valence-electron chi connectivity index (χ3n) is 4.36. The van der Waals surface area contributed by atoms with Crippen molar-refractivity contribution in [2.45, 2.75) is 32.4 Å². The Hall–Kier alpha value is -3.59. The van der Waals surface area contributed by atoms with Crippen molar-refractivity contribution in [1.82, 2.24) is 24.5 Å². The van der Waals surface area contributed by atoms with Crippen LogP contribution >= 0.6 is 11.3 Å². The minimum atomic E-state index is -0.689. The number of aryl methyl sites for hydroxylation is 1. The van der Waals surface area contributed by atoms with Crippen LogP contribution in [0.15, 0.2) is 18.6 Å². The molecule has 0 spiro atoms. The molecule has 3 heterocycles. The third kappa shape index (κ3) is 3.35. The van der Waals surface area contributed by atoms with Crippen molar-refractivity contribution in [3.8, 4) is 6.07 Å². The fourth-order valence-electron chi connectivity index (χ4n) is 3.09. The van der Waals surface area contributed by atoms with Crippen molar-refractivity contribution < 1.29 is 9.72 Å². The first-order valence-electron chi connectivity index (χ1n) is 8.48. The summed E-state index contributed by atoms with van der Waals surface area (Å²) in [6.07, 6.45) is 6.72. The fraction of sp³-hybridized carbons (Fsp3) is 0.312. The predicted octanol–water partition coefficient (Wildman–Crippen LogP) is 1.95. The van der Waals surface area contributed by atoms with E-state index in [1.807, 2.05) is 0 Å². The van der Waals surface area contributed by atoms with Crippen molar-refractivity contribution in [3.63, 3.8) is 0 Å². The van der Waals surface area contributed by atoms with Crippen LogP contribution in [0.25, 0.3) is 0 Å². The Balaban J connectivity index is 1.48. The van der Waals surface area contributed by atoms with Gasteiger partial charge in [-0.1, -0.05) is 4.98 Å². The van der Waals surface area contributed by atoms with E-state index < -0.39 is 16.8 Å². The number of carbonyl (C=O) groups is 1. The second-order valence-electron chi connectivity index (χ2n) is 6.20. The molecule has 0 fully saturated rings. The Morgan fingerprint density at radius 1 is 1.36 bits per heavy atom. The van der Waals surface area contributed by atoms with Crippen LogP contribution in [0.1, 0.15) is 39.3 Å². The SMILES string of the molecule is N#Cc1c(NC(=O)c2ccn(Cn3cnc([N+](=O)[O-])n3)n2)sc2c1CCCC2. The Bertz CT molecular complexity index is 1110. The highest BCUT2D eigenvalue weighted by Crippen LogP contribution is 2.37. The third-order valence-corrected chi connectivity index (χ3v) is 5.57. The molecule has 0 unspecified atom stereocenters. The average molecular weight is 398 g/mol. The molecule has 1 aliphatic carbocycles. The smallest absolute Gasteiger partial charge is 0.390 e. The van der Waals surface area contributed by atoms with Crippen molar-refractivity contribution >= 4 is 28.2 Å². The van der Waals surface area contributed by atoms with E-state index >= 15 is 0 Å². The van der Waals surface area contributed by atoms with Crippen molar-refractivity contribution in [1.29, 1.82) is 5.26 Å². The van der Waals surface area contributed by atoms with Gasteiger partial charge in [-0.05, 0) is 42.2 Å². The van der Waals surface area contributed by atoms with Gasteiger partial charge in [-0.15, -0.1) is 11.3 Å². The number of thiophene rings is 1. The van der Waals surface area contributed by atoms with Crippen LogP contribution in [0.5, 0.6) is 0 Å². The number of nitrogens with zero attached hydrogens (tertiary/aromatic N) is 7. The van der Waals surface area contributed by atoms with E-state index in [2.05, 4.69) is 26.6 Å². The lowest BCUT2D eigenvalue weighted by molar-refractivity contribution is -0.394. The molecular weight excluding hydrogens is 384 g/mol. The number of hydrogen-bond acceptors (Lipinski definition) is 8. The number of hydrogen-bond donors (Lipinski definition) is 1. The van der Waals surface area contributed by atoms with Crippen LogP contribution in [0, 0.1) is 21.4 Å². The van der Waals surface area contributed by atoms with Gasteiger partial charge in [0.25, 0.3) is 5.91 Å². The number of nitrogens with one attached hydrogen (secondary N) is 1. The molecule has 0 saturated heterocycles. The zero-order valence-electron chi connectivity index (χ0n) is 14.5. The van der Waals surface area contributed by atoms with Gasteiger partial charge in [0.05, 0.1) is 5.56 Å². The van der Waals surface area contributed by atoms with E-state index in [-0.39, 0.29) is 12.4 Å². The summed E-state index contributed by atoms with van der Waals surface area (Å²) in [5, 5.41) is 31.3. The molecule has 0 aliphatic heterocycles. The quantitative estimate of drug-likeness (QED) is 0.511. The van der Waals surface area contributed by atoms with Gasteiger partial charge in [0, 0.05) is 16.2 Å². The maximum absolute atomic E-state index is 12.5. The van der Waals surface area contributed by atoms with E-state index in [1.54, 1.807) is 6.20 Å². The first-order valence-corrected chi connectivity index (χ1v) is 9.30. The minimum absolute atomic E-state index is 0.0743. The molecule has 12 heteroatoms. The molecule has 1 amide bonds. The van der Waals surface area contributed by atoms with E-state index in [0.717, 1.165) is 36.1 Å². The van der Waals surface area contributed by atoms with Crippen molar-refractivity contribution in [2.75, 3.05) is 5.32 Å². The van der Waals surface area contributed by atoms with Gasteiger partial charge in [-0.25, -0.2) is 4.68 Å². The Morgan fingerprint density at radius 2 is 2.18 bits per heavy atom. The Labute approximate surface area is 162 Å². The lowest BCUT2D eigenvalue weighted by atomic mass is 9.96. The maximum atomic E-state index is 12.5. The van der Waals surface area contributed by atoms with Gasteiger partial charge in [0.1, 0.15) is 11.1 Å². The number of nitro groups is 1. The summed E-state index contributed by atoms with van der Waals surface area (Å²) in [5.41, 5.74) is 1.76. The van der Waals surface area contributed by atoms with Crippen LogP contribution in [0.3, 0.4) is 0 Å². The summed E-state index contributed by atoms with van der Waals surface area (Å²) in [4.78, 5) is 27.2. The standard InChI is InChI=1S/C16H14N8O3S/c17-7-11-10-3-1-2-4-13(10)28-15(11)19-14(25)12-5-6-22(20-12)9-23-8-18-16(21-23)24(26)27/h5-6,8H,1-4,9H2,(H,19,25). The lowest BCUT2D eigenvalue weighted by Crippen LogP contribution is -2.15. The summed E-state index contributed by atoms with van der Waals surface area (Å²) in [6.45, 7) is 0.0743. The van der Waals surface area contributed by atoms with E-state index in [1.165, 1.54) is 33.1 Å². The molecule has 3 aromatic heterocycles. The Kier molecular flexibility index (Phi) is 4.58. The highest BCUT2D eigenvalue weighted by Gasteiger charge is 2.23. The number of anilines is 1. The summed E-state index contributed by atoms with van der Waals surface area (Å²) in [7, 11) is 0. The summed E-state index contributed by atoms with van der Waals surface area (Å²) in [6, 6.07) is 3.73. The van der Waals surface area contributed by atoms with Crippen LogP contribution < -0.4 is 5.32 Å². The molecule has 0 radical (unpaired) electrons. The second kappa shape index (κ2) is 7.20. The maximum Gasteiger partial charge on any atom is 0.491 e. The molecule has 3 aromatic rings. The van der Waals surface area contributed by atoms with Gasteiger partial charge in [0.15, 0.2) is 12.4 Å². The zero-order valence-corrected chi connectivity index (χ0v) is 15.3. The topological polar surface area (TPSA) is 145 Å². The summed E-state index contributed by atoms with van der Waals surface area (Å²) >= 11 is 1.45. The molecule has 0 bridgehead atoms. The van der Waals surface area contributed by atoms with E-state index in [9.17, 15) is 20.2 Å². The van der Waals surface area contributed by atoms with E-state index in [4.69, 9.17) is 0 Å². The summed E-state index contributed by atoms with van der Waals surface area (Å²) in [5.74, 6) is -0.922. The predicted molar refractivity (Wildman–Crippen MR) is 97.9 cm³/mol. The van der Waals surface area contributed by atoms with Crippen LogP contribution in [-0.4, -0.2) is 35.4 Å². The molecule has 1 aliphatic rings. The van der Waals surface area contributed by atoms with E-state index in [0.29, 0.717) is 10.6 Å². The fourth-order valence-corrected chi connectivity index (χ4v) is 4.32. The normalized spacial score (nSPS) is 13.0. The van der Waals surface area contributed by atoms with Crippen LogP contribution in [0.2, 0.25) is 0 Å². The van der Waals surface area contributed by atoms with Gasteiger partial charge < -0.3 is 15.4 Å². The number of nitriles is 1. The number of amides is 1. The monoisotopic (exact) mass is 398 g/mol. The molecular formula is C16H14N8O3S. The first kappa shape index (κ1) is 17.8. The molecule has 11 nitrogen and oxygen atoms in total. The molecule has 0 aromatic carbocycles. The molecule has 142 valence electrons. The number of fused-ring (bicyclic) bond motifs is 1. The first-order chi connectivity index (χ1) is 13.5. The van der Waals surface area contributed by atoms with Gasteiger partial charge in [-0.2, -0.15) is 15.0 Å². The number of rotatable bonds is 5. The Morgan fingerprint density at radius 3 is 2.93 bits per heavy atom. The lowest BCUT2D eigenvalue weighted by Gasteiger charge is -2.09. The van der Waals surface area contributed by atoms with Crippen molar-refractivity contribution in [3.05, 3.63) is 50.4 Å². The summed E-state index contributed by atoms with van der Waals surface area (Å²) < 4.78 is 2.66. The highest BCUT2D eigenvalue weighted by molar-refractivity contribution is 7.16. The highest BCUT2D eigenvalue weighted by atomic mass is 32.1. The van der Waals surface area contributed by atoms with Gasteiger partial charge in [-0.3, -0.25) is 4.79 Å². The molecule has 4 rings (SSSR count). The largest absolute Gasteiger partial charge is 0.491 e. The van der Waals surface area contributed by atoms with Gasteiger partial charge in [0.2, 0.25) is 6.33 Å². The molecule has 28 heavy (non-hydrogen) atoms. The van der Waals surface area contributed by atoms with Crippen LogP contribution in [0.4, 0.5) is 10.9 Å². The molecule has 0 saturated carbocycles. The molecule has 0 atom stereocenters. The molecule has 1 N–H and O–H groups in total. The van der Waals surface area contributed by atoms with Crippen molar-refractivity contribution in [2.24, 2.45) is 0 Å². The minimum Gasteiger partial charge on any atom is -0.390 e. The van der Waals surface area contributed by atoms with Gasteiger partial charge >= 0.3 is 5.95 Å². The number of aromatic nitrogens is 5. The zero-order chi connectivity index (χ0) is 19.7. The number of carbonyl (C=O) groups excluding carboxylic acids is 1.